The average Bonchev–Trinajstić information content (AvgIpc) is 3.48. The van der Waals surface area contributed by atoms with E-state index < -0.39 is 0 Å². The van der Waals surface area contributed by atoms with Crippen LogP contribution in [-0.4, -0.2) is 24.1 Å². The van der Waals surface area contributed by atoms with Crippen molar-refractivity contribution < 1.29 is 23.5 Å². The number of ketones is 2. The summed E-state index contributed by atoms with van der Waals surface area (Å²) in [5.41, 5.74) is 4.83. The summed E-state index contributed by atoms with van der Waals surface area (Å²) < 4.78 is 11.6. The van der Waals surface area contributed by atoms with Crippen molar-refractivity contribution in [2.24, 2.45) is 28.6 Å². The van der Waals surface area contributed by atoms with Crippen LogP contribution in [0.2, 0.25) is 0 Å². The Hall–Kier alpha value is -3.21. The summed E-state index contributed by atoms with van der Waals surface area (Å²) in [6.45, 7) is 10.2. The van der Waals surface area contributed by atoms with Gasteiger partial charge < -0.3 is 9.15 Å². The van der Waals surface area contributed by atoms with Crippen molar-refractivity contribution in [1.82, 2.24) is 0 Å². The van der Waals surface area contributed by atoms with E-state index in [1.54, 1.807) is 13.8 Å². The molecule has 6 rings (SSSR count). The molecule has 0 aliphatic heterocycles. The first-order chi connectivity index (χ1) is 19.6. The van der Waals surface area contributed by atoms with E-state index in [2.05, 4.69) is 26.0 Å². The number of hydrogen-bond donors (Lipinski definition) is 0. The Morgan fingerprint density at radius 1 is 1.05 bits per heavy atom. The number of Topliss-reactive ketones (excluding diaryl/α,β-unsaturated/α-hetero) is 2. The molecule has 41 heavy (non-hydrogen) atoms. The molecule has 0 saturated heterocycles. The van der Waals surface area contributed by atoms with E-state index in [4.69, 9.17) is 9.15 Å². The average molecular weight is 555 g/mol. The second-order valence-corrected chi connectivity index (χ2v) is 13.3. The SMILES string of the molecule is CCOC(=O)c1cc(C(C2=CC3=CC[C@@H]4[C@H](CC[C@]5(C)C(=O)CC[C@@H]45)[C@@]3(C)CC2)c2ccc(C(C)=O)cc2)oc1C. The predicted octanol–water partition coefficient (Wildman–Crippen LogP) is 8.17. The maximum atomic E-state index is 12.8. The molecule has 2 saturated carbocycles. The van der Waals surface area contributed by atoms with E-state index in [1.165, 1.54) is 11.1 Å². The highest BCUT2D eigenvalue weighted by molar-refractivity contribution is 5.94. The number of carbonyl (C=O) groups is 3. The number of hydrogen-bond acceptors (Lipinski definition) is 5. The van der Waals surface area contributed by atoms with Crippen molar-refractivity contribution in [1.29, 1.82) is 0 Å². The molecule has 0 radical (unpaired) electrons. The Morgan fingerprint density at radius 2 is 1.78 bits per heavy atom. The van der Waals surface area contributed by atoms with Gasteiger partial charge in [0.2, 0.25) is 0 Å². The fourth-order valence-electron chi connectivity index (χ4n) is 8.88. The number of benzene rings is 1. The highest BCUT2D eigenvalue weighted by Gasteiger charge is 2.58. The third-order valence-electron chi connectivity index (χ3n) is 11.2. The molecule has 6 atom stereocenters. The van der Waals surface area contributed by atoms with E-state index in [-0.39, 0.29) is 28.5 Å². The van der Waals surface area contributed by atoms with Gasteiger partial charge in [-0.1, -0.05) is 55.8 Å². The minimum absolute atomic E-state index is 0.0358. The predicted molar refractivity (Wildman–Crippen MR) is 158 cm³/mol. The van der Waals surface area contributed by atoms with Crippen molar-refractivity contribution in [3.05, 3.63) is 81.8 Å². The third kappa shape index (κ3) is 4.47. The van der Waals surface area contributed by atoms with Crippen LogP contribution in [0, 0.1) is 35.5 Å². The fraction of sp³-hybridized carbons (Fsp3) is 0.528. The Kier molecular flexibility index (Phi) is 6.99. The van der Waals surface area contributed by atoms with Gasteiger partial charge in [-0.05, 0) is 99.7 Å². The van der Waals surface area contributed by atoms with Gasteiger partial charge in [0, 0.05) is 17.4 Å². The van der Waals surface area contributed by atoms with Gasteiger partial charge in [0.05, 0.1) is 12.5 Å². The molecule has 1 aromatic heterocycles. The van der Waals surface area contributed by atoms with Crippen molar-refractivity contribution in [2.45, 2.75) is 85.5 Å². The number of carbonyl (C=O) groups excluding carboxylic acids is 3. The van der Waals surface area contributed by atoms with Crippen LogP contribution >= 0.6 is 0 Å². The van der Waals surface area contributed by atoms with Gasteiger partial charge in [0.1, 0.15) is 22.9 Å². The molecule has 1 heterocycles. The number of ether oxygens (including phenoxy) is 1. The second kappa shape index (κ2) is 10.3. The third-order valence-corrected chi connectivity index (χ3v) is 11.2. The topological polar surface area (TPSA) is 73.6 Å². The number of fused-ring (bicyclic) bond motifs is 5. The summed E-state index contributed by atoms with van der Waals surface area (Å²) in [4.78, 5) is 37.5. The fourth-order valence-corrected chi connectivity index (χ4v) is 8.88. The summed E-state index contributed by atoms with van der Waals surface area (Å²) in [6, 6.07) is 9.64. The molecule has 216 valence electrons. The Morgan fingerprint density at radius 3 is 2.49 bits per heavy atom. The first-order valence-electron chi connectivity index (χ1n) is 15.4. The maximum Gasteiger partial charge on any atom is 0.341 e. The van der Waals surface area contributed by atoms with Crippen molar-refractivity contribution in [3.63, 3.8) is 0 Å². The first-order valence-corrected chi connectivity index (χ1v) is 15.4. The monoisotopic (exact) mass is 554 g/mol. The number of esters is 1. The van der Waals surface area contributed by atoms with E-state index >= 15 is 0 Å². The zero-order chi connectivity index (χ0) is 29.1. The number of aryl methyl sites for hydroxylation is 1. The van der Waals surface area contributed by atoms with Gasteiger partial charge in [-0.25, -0.2) is 4.79 Å². The smallest absolute Gasteiger partial charge is 0.341 e. The van der Waals surface area contributed by atoms with Crippen molar-refractivity contribution in [2.75, 3.05) is 6.61 Å². The van der Waals surface area contributed by atoms with Crippen LogP contribution in [0.25, 0.3) is 0 Å². The van der Waals surface area contributed by atoms with E-state index in [1.807, 2.05) is 37.3 Å². The van der Waals surface area contributed by atoms with E-state index in [0.717, 1.165) is 56.3 Å². The molecule has 2 fully saturated rings. The number of rotatable bonds is 6. The van der Waals surface area contributed by atoms with Gasteiger partial charge in [-0.3, -0.25) is 9.59 Å². The number of furan rings is 1. The molecule has 5 nitrogen and oxygen atoms in total. The molecule has 4 aliphatic carbocycles. The van der Waals surface area contributed by atoms with Crippen molar-refractivity contribution >= 4 is 17.5 Å². The van der Waals surface area contributed by atoms with E-state index in [9.17, 15) is 14.4 Å². The standard InChI is InChI=1S/C36H42O5/c1-6-40-34(39)28-20-31(41-22(28)3)33(24-9-7-23(8-10-24)21(2)37)25-15-17-35(4)26(19-25)11-12-27-29-13-14-32(38)36(29,5)18-16-30(27)35/h7-11,19-20,27,29-30,33H,6,12-18H2,1-5H3/t27-,29-,30-,33?,35-,36-/m0/s1. The molecule has 1 aromatic carbocycles. The van der Waals surface area contributed by atoms with Crippen molar-refractivity contribution in [3.8, 4) is 0 Å². The van der Waals surface area contributed by atoms with Gasteiger partial charge in [-0.2, -0.15) is 0 Å². The van der Waals surface area contributed by atoms with Crippen LogP contribution in [0.15, 0.2) is 58.0 Å². The quantitative estimate of drug-likeness (QED) is 0.266. The molecular weight excluding hydrogens is 512 g/mol. The molecule has 2 aromatic rings. The largest absolute Gasteiger partial charge is 0.464 e. The molecule has 0 spiro atoms. The molecule has 4 aliphatic rings. The minimum atomic E-state index is -0.369. The molecular formula is C36H42O5. The van der Waals surface area contributed by atoms with Gasteiger partial charge in [0.15, 0.2) is 5.78 Å². The lowest BCUT2D eigenvalue weighted by atomic mass is 9.48. The lowest BCUT2D eigenvalue weighted by Crippen LogP contribution is -2.49. The summed E-state index contributed by atoms with van der Waals surface area (Å²) in [5.74, 6) is 2.96. The maximum absolute atomic E-state index is 12.8. The molecule has 0 amide bonds. The van der Waals surface area contributed by atoms with Crippen LogP contribution in [0.1, 0.15) is 116 Å². The molecule has 0 bridgehead atoms. The summed E-state index contributed by atoms with van der Waals surface area (Å²) in [5, 5.41) is 0. The lowest BCUT2D eigenvalue weighted by molar-refractivity contribution is -0.131. The summed E-state index contributed by atoms with van der Waals surface area (Å²) >= 11 is 0. The first kappa shape index (κ1) is 27.9. The lowest BCUT2D eigenvalue weighted by Gasteiger charge is -2.56. The minimum Gasteiger partial charge on any atom is -0.464 e. The van der Waals surface area contributed by atoms with Crippen LogP contribution < -0.4 is 0 Å². The summed E-state index contributed by atoms with van der Waals surface area (Å²) in [6.07, 6.45) is 11.8. The Labute approximate surface area is 243 Å². The van der Waals surface area contributed by atoms with Gasteiger partial charge in [0.25, 0.3) is 0 Å². The normalized spacial score (nSPS) is 31.3. The summed E-state index contributed by atoms with van der Waals surface area (Å²) in [7, 11) is 0. The van der Waals surface area contributed by atoms with Crippen LogP contribution in [0.5, 0.6) is 0 Å². The Bertz CT molecular complexity index is 1460. The highest BCUT2D eigenvalue weighted by atomic mass is 16.5. The van der Waals surface area contributed by atoms with E-state index in [0.29, 0.717) is 47.0 Å². The zero-order valence-electron chi connectivity index (χ0n) is 25.0. The van der Waals surface area contributed by atoms with Gasteiger partial charge in [-0.15, -0.1) is 0 Å². The van der Waals surface area contributed by atoms with Crippen LogP contribution in [-0.2, 0) is 9.53 Å². The van der Waals surface area contributed by atoms with Gasteiger partial charge >= 0.3 is 5.97 Å². The highest BCUT2D eigenvalue weighted by Crippen LogP contribution is 2.64. The number of allylic oxidation sites excluding steroid dienone is 4. The zero-order valence-corrected chi connectivity index (χ0v) is 25.0. The molecule has 5 heteroatoms. The molecule has 1 unspecified atom stereocenters. The van der Waals surface area contributed by atoms with Crippen LogP contribution in [0.3, 0.4) is 0 Å². The van der Waals surface area contributed by atoms with Crippen LogP contribution in [0.4, 0.5) is 0 Å². The second-order valence-electron chi connectivity index (χ2n) is 13.3. The Balaban J connectivity index is 1.39. The molecule has 0 N–H and O–H groups in total.